The highest BCUT2D eigenvalue weighted by Gasteiger charge is 2.16. The molecule has 1 aliphatic rings. The summed E-state index contributed by atoms with van der Waals surface area (Å²) >= 11 is 0. The van der Waals surface area contributed by atoms with E-state index in [1.54, 1.807) is 0 Å². The van der Waals surface area contributed by atoms with Gasteiger partial charge in [-0.05, 0) is 26.2 Å². The molecule has 0 aromatic heterocycles. The van der Waals surface area contributed by atoms with Crippen molar-refractivity contribution in [1.82, 2.24) is 0 Å². The van der Waals surface area contributed by atoms with E-state index in [2.05, 4.69) is 13.8 Å². The Labute approximate surface area is 94.6 Å². The summed E-state index contributed by atoms with van der Waals surface area (Å²) in [6.07, 6.45) is 9.90. The fourth-order valence-electron chi connectivity index (χ4n) is 2.41. The zero-order valence-corrected chi connectivity index (χ0v) is 10.4. The van der Waals surface area contributed by atoms with Crippen LogP contribution in [0, 0.1) is 5.92 Å². The molecular weight excluding hydrogens is 186 g/mol. The van der Waals surface area contributed by atoms with Crippen LogP contribution in [0.3, 0.4) is 0 Å². The Morgan fingerprint density at radius 1 is 1.13 bits per heavy atom. The van der Waals surface area contributed by atoms with Gasteiger partial charge in [-0.25, -0.2) is 0 Å². The number of hydrogen-bond acceptors (Lipinski definition) is 2. The SMILES string of the molecule is CC(C)OCC(N)CC1CCCCCC1. The molecule has 1 atom stereocenters. The van der Waals surface area contributed by atoms with Gasteiger partial charge in [-0.3, -0.25) is 0 Å². The van der Waals surface area contributed by atoms with E-state index < -0.39 is 0 Å². The Hall–Kier alpha value is -0.0800. The van der Waals surface area contributed by atoms with Crippen molar-refractivity contribution in [3.63, 3.8) is 0 Å². The van der Waals surface area contributed by atoms with Crippen LogP contribution in [0.2, 0.25) is 0 Å². The second-order valence-corrected chi connectivity index (χ2v) is 5.24. The van der Waals surface area contributed by atoms with Crippen LogP contribution in [0.1, 0.15) is 58.8 Å². The number of ether oxygens (including phenoxy) is 1. The molecule has 0 aliphatic heterocycles. The quantitative estimate of drug-likeness (QED) is 0.712. The van der Waals surface area contributed by atoms with Crippen LogP contribution < -0.4 is 5.73 Å². The normalized spacial score (nSPS) is 21.6. The maximum atomic E-state index is 6.08. The van der Waals surface area contributed by atoms with Crippen LogP contribution in [-0.2, 0) is 4.74 Å². The third kappa shape index (κ3) is 6.16. The van der Waals surface area contributed by atoms with Gasteiger partial charge in [0.1, 0.15) is 0 Å². The van der Waals surface area contributed by atoms with E-state index in [-0.39, 0.29) is 6.04 Å². The van der Waals surface area contributed by atoms with E-state index in [1.807, 2.05) is 0 Å². The van der Waals surface area contributed by atoms with Crippen molar-refractivity contribution in [3.05, 3.63) is 0 Å². The molecule has 0 aromatic rings. The van der Waals surface area contributed by atoms with Gasteiger partial charge in [-0.2, -0.15) is 0 Å². The second kappa shape index (κ2) is 7.24. The fraction of sp³-hybridized carbons (Fsp3) is 1.00. The smallest absolute Gasteiger partial charge is 0.0621 e. The number of nitrogens with two attached hydrogens (primary N) is 1. The van der Waals surface area contributed by atoms with Gasteiger partial charge in [-0.1, -0.05) is 38.5 Å². The molecule has 0 heterocycles. The minimum Gasteiger partial charge on any atom is -0.377 e. The highest BCUT2D eigenvalue weighted by molar-refractivity contribution is 4.71. The van der Waals surface area contributed by atoms with Crippen LogP contribution in [0.4, 0.5) is 0 Å². The molecule has 1 rings (SSSR count). The summed E-state index contributed by atoms with van der Waals surface area (Å²) in [5, 5.41) is 0. The van der Waals surface area contributed by atoms with E-state index in [0.717, 1.165) is 18.9 Å². The van der Waals surface area contributed by atoms with Crippen molar-refractivity contribution in [2.45, 2.75) is 70.9 Å². The lowest BCUT2D eigenvalue weighted by Crippen LogP contribution is -2.30. The molecule has 1 aliphatic carbocycles. The molecule has 1 saturated carbocycles. The molecule has 0 aromatic carbocycles. The van der Waals surface area contributed by atoms with Gasteiger partial charge in [0.25, 0.3) is 0 Å². The summed E-state index contributed by atoms with van der Waals surface area (Å²) in [5.74, 6) is 0.860. The zero-order valence-electron chi connectivity index (χ0n) is 10.4. The Morgan fingerprint density at radius 2 is 1.73 bits per heavy atom. The van der Waals surface area contributed by atoms with E-state index >= 15 is 0 Å². The predicted octanol–water partition coefficient (Wildman–Crippen LogP) is 3.10. The van der Waals surface area contributed by atoms with Crippen LogP contribution in [-0.4, -0.2) is 18.8 Å². The topological polar surface area (TPSA) is 35.2 Å². The average Bonchev–Trinajstić information content (AvgIpc) is 2.43. The molecule has 0 saturated heterocycles. The summed E-state index contributed by atoms with van der Waals surface area (Å²) in [6.45, 7) is 4.87. The van der Waals surface area contributed by atoms with Gasteiger partial charge in [-0.15, -0.1) is 0 Å². The van der Waals surface area contributed by atoms with Crippen LogP contribution >= 0.6 is 0 Å². The summed E-state index contributed by atoms with van der Waals surface area (Å²) in [7, 11) is 0. The minimum absolute atomic E-state index is 0.246. The highest BCUT2D eigenvalue weighted by atomic mass is 16.5. The van der Waals surface area contributed by atoms with Crippen molar-refractivity contribution in [1.29, 1.82) is 0 Å². The Kier molecular flexibility index (Phi) is 6.26. The summed E-state index contributed by atoms with van der Waals surface area (Å²) in [6, 6.07) is 0.246. The van der Waals surface area contributed by atoms with Crippen molar-refractivity contribution in [2.24, 2.45) is 11.7 Å². The third-order valence-electron chi connectivity index (χ3n) is 3.25. The first-order chi connectivity index (χ1) is 7.18. The number of rotatable bonds is 5. The molecule has 0 bridgehead atoms. The van der Waals surface area contributed by atoms with Crippen molar-refractivity contribution >= 4 is 0 Å². The van der Waals surface area contributed by atoms with Gasteiger partial charge in [0.05, 0.1) is 12.7 Å². The first-order valence-corrected chi connectivity index (χ1v) is 6.55. The molecule has 2 heteroatoms. The summed E-state index contributed by atoms with van der Waals surface area (Å²) in [5.41, 5.74) is 6.08. The van der Waals surface area contributed by atoms with Gasteiger partial charge in [0, 0.05) is 6.04 Å². The minimum atomic E-state index is 0.246. The first-order valence-electron chi connectivity index (χ1n) is 6.55. The molecule has 2 N–H and O–H groups in total. The lowest BCUT2D eigenvalue weighted by atomic mass is 9.93. The molecule has 1 unspecified atom stereocenters. The molecule has 90 valence electrons. The molecule has 1 fully saturated rings. The first kappa shape index (κ1) is 13.0. The van der Waals surface area contributed by atoms with Crippen molar-refractivity contribution < 1.29 is 4.74 Å². The van der Waals surface area contributed by atoms with E-state index in [4.69, 9.17) is 10.5 Å². The maximum absolute atomic E-state index is 6.08. The third-order valence-corrected chi connectivity index (χ3v) is 3.25. The lowest BCUT2D eigenvalue weighted by Gasteiger charge is -2.20. The molecule has 0 spiro atoms. The van der Waals surface area contributed by atoms with Crippen molar-refractivity contribution in [3.8, 4) is 0 Å². The standard InChI is InChI=1S/C13H27NO/c1-11(2)15-10-13(14)9-12-7-5-3-4-6-8-12/h11-13H,3-10,14H2,1-2H3. The Bertz CT molecular complexity index is 151. The largest absolute Gasteiger partial charge is 0.377 e. The van der Waals surface area contributed by atoms with E-state index in [9.17, 15) is 0 Å². The molecular formula is C13H27NO. The second-order valence-electron chi connectivity index (χ2n) is 5.24. The fourth-order valence-corrected chi connectivity index (χ4v) is 2.41. The van der Waals surface area contributed by atoms with Gasteiger partial charge in [0.2, 0.25) is 0 Å². The Morgan fingerprint density at radius 3 is 2.27 bits per heavy atom. The lowest BCUT2D eigenvalue weighted by molar-refractivity contribution is 0.0633. The van der Waals surface area contributed by atoms with E-state index in [1.165, 1.54) is 38.5 Å². The number of hydrogen-bond donors (Lipinski definition) is 1. The monoisotopic (exact) mass is 213 g/mol. The molecule has 2 nitrogen and oxygen atoms in total. The average molecular weight is 213 g/mol. The zero-order chi connectivity index (χ0) is 11.1. The van der Waals surface area contributed by atoms with E-state index in [0.29, 0.717) is 6.10 Å². The highest BCUT2D eigenvalue weighted by Crippen LogP contribution is 2.26. The van der Waals surface area contributed by atoms with Crippen LogP contribution in [0.25, 0.3) is 0 Å². The van der Waals surface area contributed by atoms with Crippen LogP contribution in [0.5, 0.6) is 0 Å². The molecule has 0 radical (unpaired) electrons. The molecule has 15 heavy (non-hydrogen) atoms. The van der Waals surface area contributed by atoms with Crippen molar-refractivity contribution in [2.75, 3.05) is 6.61 Å². The van der Waals surface area contributed by atoms with Gasteiger partial charge >= 0.3 is 0 Å². The summed E-state index contributed by atoms with van der Waals surface area (Å²) < 4.78 is 5.55. The predicted molar refractivity (Wildman–Crippen MR) is 64.9 cm³/mol. The summed E-state index contributed by atoms with van der Waals surface area (Å²) in [4.78, 5) is 0. The van der Waals surface area contributed by atoms with Crippen LogP contribution in [0.15, 0.2) is 0 Å². The maximum Gasteiger partial charge on any atom is 0.0621 e. The van der Waals surface area contributed by atoms with Gasteiger partial charge in [0.15, 0.2) is 0 Å². The molecule has 0 amide bonds. The van der Waals surface area contributed by atoms with Gasteiger partial charge < -0.3 is 10.5 Å². The Balaban J connectivity index is 2.14.